The first-order valence-electron chi connectivity index (χ1n) is 11.5. The minimum Gasteiger partial charge on any atom is -0.497 e. The summed E-state index contributed by atoms with van der Waals surface area (Å²) in [6.07, 6.45) is 12.8. The molecule has 1 amide bonds. The number of fused-ring (bicyclic) bond motifs is 2. The van der Waals surface area contributed by atoms with Crippen molar-refractivity contribution in [1.82, 2.24) is 4.90 Å². The number of amides is 1. The average Bonchev–Trinajstić information content (AvgIpc) is 2.83. The zero-order valence-electron chi connectivity index (χ0n) is 19.3. The van der Waals surface area contributed by atoms with E-state index in [0.717, 1.165) is 50.3 Å². The first-order chi connectivity index (χ1) is 15.6. The van der Waals surface area contributed by atoms with Crippen molar-refractivity contribution in [3.8, 4) is 11.5 Å². The molecule has 2 aliphatic carbocycles. The maximum absolute atomic E-state index is 12.4. The summed E-state index contributed by atoms with van der Waals surface area (Å²) in [5.74, 6) is 2.77. The third-order valence-electron chi connectivity index (χ3n) is 6.84. The molecule has 2 atom stereocenters. The van der Waals surface area contributed by atoms with E-state index >= 15 is 0 Å². The minimum atomic E-state index is 0.152. The second-order valence-corrected chi connectivity index (χ2v) is 8.74. The van der Waals surface area contributed by atoms with Crippen LogP contribution >= 0.6 is 0 Å². The number of hydrogen-bond acceptors (Lipinski definition) is 3. The molecule has 0 bridgehead atoms. The molecule has 0 saturated carbocycles. The Bertz CT molecular complexity index is 948. The Morgan fingerprint density at radius 2 is 1.31 bits per heavy atom. The maximum Gasteiger partial charge on any atom is 0.219 e. The monoisotopic (exact) mass is 431 g/mol. The maximum atomic E-state index is 12.4. The molecule has 168 valence electrons. The van der Waals surface area contributed by atoms with Crippen LogP contribution in [0.15, 0.2) is 48.6 Å². The van der Waals surface area contributed by atoms with Gasteiger partial charge in [-0.15, -0.1) is 0 Å². The summed E-state index contributed by atoms with van der Waals surface area (Å²) in [6.45, 7) is 3.24. The summed E-state index contributed by atoms with van der Waals surface area (Å²) in [4.78, 5) is 14.5. The molecule has 32 heavy (non-hydrogen) atoms. The smallest absolute Gasteiger partial charge is 0.219 e. The fraction of sp³-hybridized carbons (Fsp3) is 0.393. The molecule has 0 aromatic heterocycles. The van der Waals surface area contributed by atoms with E-state index in [1.54, 1.807) is 21.1 Å². The van der Waals surface area contributed by atoms with E-state index < -0.39 is 0 Å². The fourth-order valence-electron chi connectivity index (χ4n) is 4.94. The molecule has 2 aromatic carbocycles. The Labute approximate surface area is 191 Å². The van der Waals surface area contributed by atoms with Crippen molar-refractivity contribution in [3.05, 3.63) is 70.8 Å². The predicted molar refractivity (Wildman–Crippen MR) is 130 cm³/mol. The molecule has 0 radical (unpaired) electrons. The summed E-state index contributed by atoms with van der Waals surface area (Å²) in [5.41, 5.74) is 5.18. The zero-order valence-corrected chi connectivity index (χ0v) is 19.3. The molecular formula is C28H33NO3. The van der Waals surface area contributed by atoms with Crippen molar-refractivity contribution in [2.45, 2.75) is 44.4 Å². The molecule has 0 spiro atoms. The summed E-state index contributed by atoms with van der Waals surface area (Å²) in [7, 11) is 3.42. The molecule has 2 unspecified atom stereocenters. The van der Waals surface area contributed by atoms with Crippen LogP contribution in [0.4, 0.5) is 0 Å². The van der Waals surface area contributed by atoms with Crippen LogP contribution in [0.3, 0.4) is 0 Å². The van der Waals surface area contributed by atoms with Crippen molar-refractivity contribution >= 4 is 18.1 Å². The lowest BCUT2D eigenvalue weighted by Gasteiger charge is -2.29. The molecule has 0 aliphatic heterocycles. The van der Waals surface area contributed by atoms with Gasteiger partial charge < -0.3 is 14.4 Å². The molecule has 0 heterocycles. The van der Waals surface area contributed by atoms with Gasteiger partial charge in [-0.25, -0.2) is 0 Å². The van der Waals surface area contributed by atoms with Crippen molar-refractivity contribution < 1.29 is 14.3 Å². The Hall–Kier alpha value is -3.01. The van der Waals surface area contributed by atoms with Crippen molar-refractivity contribution in [3.63, 3.8) is 0 Å². The number of carbonyl (C=O) groups is 1. The molecule has 0 fully saturated rings. The lowest BCUT2D eigenvalue weighted by Crippen LogP contribution is -2.32. The fourth-order valence-corrected chi connectivity index (χ4v) is 4.94. The van der Waals surface area contributed by atoms with Crippen LogP contribution in [0.1, 0.15) is 66.7 Å². The second-order valence-electron chi connectivity index (χ2n) is 8.74. The molecule has 4 nitrogen and oxygen atoms in total. The zero-order chi connectivity index (χ0) is 22.5. The highest BCUT2D eigenvalue weighted by Crippen LogP contribution is 2.36. The van der Waals surface area contributed by atoms with Gasteiger partial charge in [0, 0.05) is 20.0 Å². The first-order valence-corrected chi connectivity index (χ1v) is 11.5. The molecule has 0 N–H and O–H groups in total. The number of carbonyl (C=O) groups excluding carboxylic acids is 1. The highest BCUT2D eigenvalue weighted by Gasteiger charge is 2.22. The van der Waals surface area contributed by atoms with Gasteiger partial charge in [0.1, 0.15) is 11.5 Å². The van der Waals surface area contributed by atoms with Gasteiger partial charge in [-0.1, -0.05) is 36.4 Å². The number of methoxy groups -OCH3 is 2. The van der Waals surface area contributed by atoms with Gasteiger partial charge in [-0.05, 0) is 84.0 Å². The molecular weight excluding hydrogens is 398 g/mol. The Kier molecular flexibility index (Phi) is 6.99. The SMILES string of the molecule is COc1ccc2c(c1)C(CCN(CCC1CC=Cc3ccc(OC)cc31)C(C)=O)CC=C2. The Balaban J connectivity index is 1.41. The topological polar surface area (TPSA) is 38.8 Å². The van der Waals surface area contributed by atoms with Crippen LogP contribution in [0.25, 0.3) is 12.2 Å². The van der Waals surface area contributed by atoms with E-state index in [-0.39, 0.29) is 5.91 Å². The quantitative estimate of drug-likeness (QED) is 0.512. The average molecular weight is 432 g/mol. The van der Waals surface area contributed by atoms with Crippen molar-refractivity contribution in [2.75, 3.05) is 27.3 Å². The standard InChI is InChI=1S/C28H33NO3/c1-20(30)29(16-14-23-8-4-6-21-10-12-25(31-2)18-27(21)23)17-15-24-9-5-7-22-11-13-26(32-3)19-28(22)24/h4-7,10-13,18-19,23-24H,8-9,14-17H2,1-3H3. The van der Waals surface area contributed by atoms with Crippen LogP contribution in [-0.2, 0) is 4.79 Å². The van der Waals surface area contributed by atoms with E-state index in [0.29, 0.717) is 11.8 Å². The lowest BCUT2D eigenvalue weighted by molar-refractivity contribution is -0.129. The third kappa shape index (κ3) is 4.90. The van der Waals surface area contributed by atoms with Gasteiger partial charge in [0.2, 0.25) is 5.91 Å². The van der Waals surface area contributed by atoms with Crippen LogP contribution in [0, 0.1) is 0 Å². The van der Waals surface area contributed by atoms with E-state index in [4.69, 9.17) is 9.47 Å². The second kappa shape index (κ2) is 10.1. The summed E-state index contributed by atoms with van der Waals surface area (Å²) >= 11 is 0. The van der Waals surface area contributed by atoms with Crippen molar-refractivity contribution in [2.24, 2.45) is 0 Å². The Morgan fingerprint density at radius 3 is 1.72 bits per heavy atom. The summed E-state index contributed by atoms with van der Waals surface area (Å²) in [5, 5.41) is 0. The molecule has 2 aliphatic rings. The van der Waals surface area contributed by atoms with E-state index in [9.17, 15) is 4.79 Å². The number of benzene rings is 2. The number of rotatable bonds is 8. The molecule has 2 aromatic rings. The first kappa shape index (κ1) is 22.2. The lowest BCUT2D eigenvalue weighted by atomic mass is 9.84. The van der Waals surface area contributed by atoms with Crippen molar-refractivity contribution in [1.29, 1.82) is 0 Å². The Morgan fingerprint density at radius 1 is 0.844 bits per heavy atom. The van der Waals surface area contributed by atoms with Crippen LogP contribution < -0.4 is 9.47 Å². The van der Waals surface area contributed by atoms with Gasteiger partial charge >= 0.3 is 0 Å². The van der Waals surface area contributed by atoms with Gasteiger partial charge in [-0.2, -0.15) is 0 Å². The summed E-state index contributed by atoms with van der Waals surface area (Å²) < 4.78 is 10.9. The number of nitrogens with zero attached hydrogens (tertiary/aromatic N) is 1. The number of hydrogen-bond donors (Lipinski definition) is 0. The van der Waals surface area contributed by atoms with Gasteiger partial charge in [0.05, 0.1) is 14.2 Å². The predicted octanol–water partition coefficient (Wildman–Crippen LogP) is 6.03. The summed E-state index contributed by atoms with van der Waals surface area (Å²) in [6, 6.07) is 12.6. The highest BCUT2D eigenvalue weighted by molar-refractivity contribution is 5.73. The number of ether oxygens (including phenoxy) is 2. The highest BCUT2D eigenvalue weighted by atomic mass is 16.5. The third-order valence-corrected chi connectivity index (χ3v) is 6.84. The van der Waals surface area contributed by atoms with Crippen LogP contribution in [0.2, 0.25) is 0 Å². The molecule has 4 heteroatoms. The normalized spacial score (nSPS) is 18.6. The van der Waals surface area contributed by atoms with Crippen LogP contribution in [0.5, 0.6) is 11.5 Å². The largest absolute Gasteiger partial charge is 0.497 e. The van der Waals surface area contributed by atoms with Gasteiger partial charge in [0.25, 0.3) is 0 Å². The van der Waals surface area contributed by atoms with E-state index in [1.165, 1.54) is 22.3 Å². The number of allylic oxidation sites excluding steroid dienone is 2. The van der Waals surface area contributed by atoms with Gasteiger partial charge in [0.15, 0.2) is 0 Å². The van der Waals surface area contributed by atoms with E-state index in [1.807, 2.05) is 17.0 Å². The minimum absolute atomic E-state index is 0.152. The van der Waals surface area contributed by atoms with Gasteiger partial charge in [-0.3, -0.25) is 4.79 Å². The molecule has 0 saturated heterocycles. The van der Waals surface area contributed by atoms with Crippen LogP contribution in [-0.4, -0.2) is 38.1 Å². The van der Waals surface area contributed by atoms with E-state index in [2.05, 4.69) is 48.6 Å². The molecule has 4 rings (SSSR count).